The van der Waals surface area contributed by atoms with E-state index in [9.17, 15) is 4.79 Å². The molecule has 0 bridgehead atoms. The van der Waals surface area contributed by atoms with Gasteiger partial charge in [0.25, 0.3) is 5.91 Å². The van der Waals surface area contributed by atoms with E-state index >= 15 is 0 Å². The molecule has 0 aliphatic heterocycles. The summed E-state index contributed by atoms with van der Waals surface area (Å²) in [6.45, 7) is 3.21. The summed E-state index contributed by atoms with van der Waals surface area (Å²) in [6.07, 6.45) is 0. The predicted octanol–water partition coefficient (Wildman–Crippen LogP) is 1.63. The summed E-state index contributed by atoms with van der Waals surface area (Å²) in [5, 5.41) is 11.1. The zero-order valence-electron chi connectivity index (χ0n) is 12.3. The molecule has 2 aromatic rings. The summed E-state index contributed by atoms with van der Waals surface area (Å²) in [6, 6.07) is 7.71. The van der Waals surface area contributed by atoms with Crippen LogP contribution in [0.25, 0.3) is 5.69 Å². The van der Waals surface area contributed by atoms with Crippen LogP contribution in [0.2, 0.25) is 0 Å². The molecule has 0 spiro atoms. The second-order valence-corrected chi connectivity index (χ2v) is 5.66. The molecule has 0 atom stereocenters. The van der Waals surface area contributed by atoms with E-state index in [-0.39, 0.29) is 5.91 Å². The largest absolute Gasteiger partial charge is 0.339 e. The van der Waals surface area contributed by atoms with E-state index in [0.29, 0.717) is 12.2 Å². The van der Waals surface area contributed by atoms with E-state index in [0.717, 1.165) is 22.4 Å². The average Bonchev–Trinajstić information content (AvgIpc) is 2.85. The van der Waals surface area contributed by atoms with Crippen LogP contribution in [-0.2, 0) is 0 Å². The minimum Gasteiger partial charge on any atom is -0.339 e. The van der Waals surface area contributed by atoms with Gasteiger partial charge in [0.2, 0.25) is 0 Å². The Balaban J connectivity index is 2.26. The molecule has 1 N–H and O–H groups in total. The Bertz CT molecular complexity index is 640. The van der Waals surface area contributed by atoms with Crippen molar-refractivity contribution in [3.8, 4) is 5.69 Å². The van der Waals surface area contributed by atoms with Crippen molar-refractivity contribution in [1.82, 2.24) is 25.2 Å². The molecule has 112 valence electrons. The topological polar surface area (TPSA) is 63.1 Å². The fourth-order valence-electron chi connectivity index (χ4n) is 1.94. The van der Waals surface area contributed by atoms with Gasteiger partial charge in [-0.1, -0.05) is 27.2 Å². The normalized spacial score (nSPS) is 10.7. The Labute approximate surface area is 132 Å². The predicted molar refractivity (Wildman–Crippen MR) is 84.7 cm³/mol. The number of carbonyl (C=O) groups is 1. The van der Waals surface area contributed by atoms with Crippen molar-refractivity contribution in [3.63, 3.8) is 0 Å². The Morgan fingerprint density at radius 2 is 2.24 bits per heavy atom. The van der Waals surface area contributed by atoms with Gasteiger partial charge in [0, 0.05) is 24.6 Å². The number of nitrogens with one attached hydrogen (secondary N) is 1. The molecule has 1 heterocycles. The highest BCUT2D eigenvalue weighted by Gasteiger charge is 2.20. The Morgan fingerprint density at radius 1 is 1.48 bits per heavy atom. The molecule has 0 fully saturated rings. The van der Waals surface area contributed by atoms with Gasteiger partial charge in [0.1, 0.15) is 0 Å². The maximum Gasteiger partial charge on any atom is 0.276 e. The van der Waals surface area contributed by atoms with Gasteiger partial charge >= 0.3 is 0 Å². The van der Waals surface area contributed by atoms with Crippen molar-refractivity contribution in [3.05, 3.63) is 40.1 Å². The van der Waals surface area contributed by atoms with Crippen molar-refractivity contribution in [2.24, 2.45) is 0 Å². The number of likely N-dealkylation sites (N-methyl/N-ethyl adjacent to an activating group) is 2. The maximum absolute atomic E-state index is 12.4. The van der Waals surface area contributed by atoms with Crippen molar-refractivity contribution in [1.29, 1.82) is 0 Å². The standard InChI is InChI=1S/C14H18BrN5O/c1-10-13(14(21)19(3)8-7-16-2)17-18-20(10)12-6-4-5-11(15)9-12/h4-6,9,16H,7-8H2,1-3H3. The number of aromatic nitrogens is 3. The van der Waals surface area contributed by atoms with E-state index in [4.69, 9.17) is 0 Å². The first-order chi connectivity index (χ1) is 10.0. The lowest BCUT2D eigenvalue weighted by atomic mass is 10.2. The van der Waals surface area contributed by atoms with Gasteiger partial charge in [-0.15, -0.1) is 5.10 Å². The molecular formula is C14H18BrN5O. The Hall–Kier alpha value is -1.73. The van der Waals surface area contributed by atoms with Gasteiger partial charge in [0.05, 0.1) is 11.4 Å². The van der Waals surface area contributed by atoms with Crippen LogP contribution in [0.5, 0.6) is 0 Å². The SMILES string of the molecule is CNCCN(C)C(=O)c1nnn(-c2cccc(Br)c2)c1C. The number of hydrogen-bond donors (Lipinski definition) is 1. The van der Waals surface area contributed by atoms with Crippen LogP contribution in [-0.4, -0.2) is 53.0 Å². The third-order valence-corrected chi connectivity index (χ3v) is 3.69. The fraction of sp³-hybridized carbons (Fsp3) is 0.357. The van der Waals surface area contributed by atoms with E-state index in [2.05, 4.69) is 31.6 Å². The Kier molecular flexibility index (Phi) is 5.08. The number of halogens is 1. The Morgan fingerprint density at radius 3 is 2.90 bits per heavy atom. The number of nitrogens with zero attached hydrogens (tertiary/aromatic N) is 4. The second kappa shape index (κ2) is 6.82. The minimum atomic E-state index is -0.121. The lowest BCUT2D eigenvalue weighted by Crippen LogP contribution is -2.33. The molecule has 1 aromatic carbocycles. The van der Waals surface area contributed by atoms with Gasteiger partial charge < -0.3 is 10.2 Å². The summed E-state index contributed by atoms with van der Waals surface area (Å²) in [7, 11) is 3.62. The highest BCUT2D eigenvalue weighted by Crippen LogP contribution is 2.17. The summed E-state index contributed by atoms with van der Waals surface area (Å²) >= 11 is 3.43. The van der Waals surface area contributed by atoms with Crippen molar-refractivity contribution in [2.45, 2.75) is 6.92 Å². The van der Waals surface area contributed by atoms with Crippen LogP contribution in [0.4, 0.5) is 0 Å². The van der Waals surface area contributed by atoms with Crippen molar-refractivity contribution < 1.29 is 4.79 Å². The smallest absolute Gasteiger partial charge is 0.276 e. The van der Waals surface area contributed by atoms with Gasteiger partial charge in [0.15, 0.2) is 5.69 Å². The van der Waals surface area contributed by atoms with E-state index in [1.54, 1.807) is 16.6 Å². The van der Waals surface area contributed by atoms with Crippen molar-refractivity contribution >= 4 is 21.8 Å². The molecule has 0 saturated heterocycles. The van der Waals surface area contributed by atoms with Crippen LogP contribution in [0.3, 0.4) is 0 Å². The number of carbonyl (C=O) groups excluding carboxylic acids is 1. The van der Waals surface area contributed by atoms with Crippen LogP contribution in [0.15, 0.2) is 28.7 Å². The molecule has 0 aliphatic rings. The van der Waals surface area contributed by atoms with Crippen LogP contribution < -0.4 is 5.32 Å². The third kappa shape index (κ3) is 3.48. The molecule has 1 amide bonds. The minimum absolute atomic E-state index is 0.121. The highest BCUT2D eigenvalue weighted by molar-refractivity contribution is 9.10. The first-order valence-corrected chi connectivity index (χ1v) is 7.42. The van der Waals surface area contributed by atoms with Gasteiger partial charge in [-0.05, 0) is 32.2 Å². The molecule has 0 unspecified atom stereocenters. The van der Waals surface area contributed by atoms with E-state index in [1.807, 2.05) is 38.2 Å². The van der Waals surface area contributed by atoms with Gasteiger partial charge in [-0.25, -0.2) is 4.68 Å². The molecule has 21 heavy (non-hydrogen) atoms. The molecule has 0 saturated carbocycles. The quantitative estimate of drug-likeness (QED) is 0.889. The summed E-state index contributed by atoms with van der Waals surface area (Å²) < 4.78 is 2.62. The summed E-state index contributed by atoms with van der Waals surface area (Å²) in [5.41, 5.74) is 1.98. The van der Waals surface area contributed by atoms with Crippen LogP contribution in [0.1, 0.15) is 16.2 Å². The number of amides is 1. The molecule has 0 radical (unpaired) electrons. The lowest BCUT2D eigenvalue weighted by molar-refractivity contribution is 0.0790. The molecule has 1 aromatic heterocycles. The van der Waals surface area contributed by atoms with Gasteiger partial charge in [-0.3, -0.25) is 4.79 Å². The molecule has 7 heteroatoms. The average molecular weight is 352 g/mol. The van der Waals surface area contributed by atoms with E-state index in [1.165, 1.54) is 0 Å². The highest BCUT2D eigenvalue weighted by atomic mass is 79.9. The third-order valence-electron chi connectivity index (χ3n) is 3.19. The van der Waals surface area contributed by atoms with Crippen LogP contribution >= 0.6 is 15.9 Å². The molecular weight excluding hydrogens is 334 g/mol. The first-order valence-electron chi connectivity index (χ1n) is 6.63. The monoisotopic (exact) mass is 351 g/mol. The van der Waals surface area contributed by atoms with Gasteiger partial charge in [-0.2, -0.15) is 0 Å². The molecule has 6 nitrogen and oxygen atoms in total. The zero-order chi connectivity index (χ0) is 15.4. The summed E-state index contributed by atoms with van der Waals surface area (Å²) in [4.78, 5) is 14.0. The molecule has 0 aliphatic carbocycles. The maximum atomic E-state index is 12.4. The number of hydrogen-bond acceptors (Lipinski definition) is 4. The second-order valence-electron chi connectivity index (χ2n) is 4.75. The zero-order valence-corrected chi connectivity index (χ0v) is 13.9. The molecule has 2 rings (SSSR count). The fourth-order valence-corrected chi connectivity index (χ4v) is 2.33. The van der Waals surface area contributed by atoms with E-state index < -0.39 is 0 Å². The number of benzene rings is 1. The lowest BCUT2D eigenvalue weighted by Gasteiger charge is -2.15. The van der Waals surface area contributed by atoms with Crippen molar-refractivity contribution in [2.75, 3.05) is 27.2 Å². The summed E-state index contributed by atoms with van der Waals surface area (Å²) in [5.74, 6) is -0.121. The first kappa shape index (κ1) is 15.7. The number of rotatable bonds is 5. The van der Waals surface area contributed by atoms with Crippen LogP contribution in [0, 0.1) is 6.92 Å².